The van der Waals surface area contributed by atoms with Gasteiger partial charge in [0.1, 0.15) is 5.82 Å². The van der Waals surface area contributed by atoms with Gasteiger partial charge < -0.3 is 19.0 Å². The Kier molecular flexibility index (Phi) is 6.30. The molecule has 0 aliphatic carbocycles. The highest BCUT2D eigenvalue weighted by atomic mass is 32.2. The van der Waals surface area contributed by atoms with E-state index < -0.39 is 20.5 Å². The number of hydrogen-bond donors (Lipinski definition) is 1. The van der Waals surface area contributed by atoms with E-state index in [-0.39, 0.29) is 5.82 Å². The lowest BCUT2D eigenvalue weighted by atomic mass is 9.78. The molecule has 1 N–H and O–H groups in total. The van der Waals surface area contributed by atoms with Gasteiger partial charge in [0, 0.05) is 20.2 Å². The van der Waals surface area contributed by atoms with Gasteiger partial charge >= 0.3 is 14.2 Å². The maximum atomic E-state index is 13.2. The van der Waals surface area contributed by atoms with E-state index in [1.165, 1.54) is 16.3 Å². The first-order valence-corrected chi connectivity index (χ1v) is 13.2. The summed E-state index contributed by atoms with van der Waals surface area (Å²) < 4.78 is 32.2. The first-order chi connectivity index (χ1) is 16.6. The highest BCUT2D eigenvalue weighted by Gasteiger charge is 2.41. The molecule has 0 saturated carbocycles. The molecular weight excluding hydrogens is 489 g/mol. The van der Waals surface area contributed by atoms with E-state index in [1.807, 2.05) is 47.8 Å². The molecule has 1 aromatic heterocycles. The second-order valence-corrected chi connectivity index (χ2v) is 11.3. The summed E-state index contributed by atoms with van der Waals surface area (Å²) in [5, 5.41) is 12.6. The van der Waals surface area contributed by atoms with Crippen molar-refractivity contribution in [3.05, 3.63) is 95.1 Å². The molecule has 2 aliphatic rings. The minimum absolute atomic E-state index is 0.253. The van der Waals surface area contributed by atoms with Gasteiger partial charge in [-0.05, 0) is 76.5 Å². The topological polar surface area (TPSA) is 47.9 Å². The van der Waals surface area contributed by atoms with Gasteiger partial charge in [0.05, 0.1) is 10.8 Å². The van der Waals surface area contributed by atoms with Crippen LogP contribution in [-0.2, 0) is 20.6 Å². The summed E-state index contributed by atoms with van der Waals surface area (Å²) in [4.78, 5) is 2.99. The second kappa shape index (κ2) is 9.54. The molecule has 6 rings (SSSR count). The van der Waals surface area contributed by atoms with Crippen molar-refractivity contribution in [3.8, 4) is 0 Å². The average molecular weight is 506 g/mol. The fourth-order valence-electron chi connectivity index (χ4n) is 3.96. The third-order valence-electron chi connectivity index (χ3n) is 5.60. The van der Waals surface area contributed by atoms with E-state index in [2.05, 4.69) is 6.07 Å². The van der Waals surface area contributed by atoms with Crippen LogP contribution >= 0.6 is 34.9 Å². The molecule has 4 aromatic rings. The van der Waals surface area contributed by atoms with Crippen LogP contribution in [0.3, 0.4) is 0 Å². The highest BCUT2D eigenvalue weighted by molar-refractivity contribution is 8.01. The number of benzene rings is 3. The van der Waals surface area contributed by atoms with E-state index in [1.54, 1.807) is 47.0 Å². The van der Waals surface area contributed by atoms with Gasteiger partial charge in [0.25, 0.3) is 0 Å². The van der Waals surface area contributed by atoms with Crippen LogP contribution in [0, 0.1) is 5.82 Å². The van der Waals surface area contributed by atoms with Crippen LogP contribution in [0.15, 0.2) is 97.1 Å². The molecule has 1 atom stereocenters. The zero-order valence-electron chi connectivity index (χ0n) is 17.7. The standard InChI is InChI=1S/C24H17B2FO4S3/c27-16-4-7-17(8-5-16)33-18-6-3-15-14-29-26(21(15)12-18)31-24-20-10-9-19(13-22(20)25(28)30-24)34-23-2-1-11-32-23/h1-13,24,28H,14H2. The Bertz CT molecular complexity index is 1320. The molecule has 3 aromatic carbocycles. The van der Waals surface area contributed by atoms with Crippen LogP contribution in [0.5, 0.6) is 0 Å². The van der Waals surface area contributed by atoms with Gasteiger partial charge in [-0.3, -0.25) is 0 Å². The molecule has 0 spiro atoms. The molecule has 0 radical (unpaired) electrons. The Morgan fingerprint density at radius 3 is 2.53 bits per heavy atom. The number of hydrogen-bond acceptors (Lipinski definition) is 7. The Morgan fingerprint density at radius 2 is 1.71 bits per heavy atom. The van der Waals surface area contributed by atoms with Crippen LogP contribution in [0.4, 0.5) is 4.39 Å². The first-order valence-electron chi connectivity index (χ1n) is 10.6. The minimum atomic E-state index is -1.05. The van der Waals surface area contributed by atoms with E-state index >= 15 is 0 Å². The summed E-state index contributed by atoms with van der Waals surface area (Å²) >= 11 is 4.88. The van der Waals surface area contributed by atoms with Crippen molar-refractivity contribution < 1.29 is 23.4 Å². The van der Waals surface area contributed by atoms with Crippen molar-refractivity contribution in [1.82, 2.24) is 0 Å². The summed E-state index contributed by atoms with van der Waals surface area (Å²) in [5.41, 5.74) is 3.50. The molecule has 3 heterocycles. The third kappa shape index (κ3) is 4.59. The molecule has 2 aliphatic heterocycles. The van der Waals surface area contributed by atoms with E-state index in [0.717, 1.165) is 31.3 Å². The number of fused-ring (bicyclic) bond motifs is 2. The summed E-state index contributed by atoms with van der Waals surface area (Å²) in [6.07, 6.45) is -0.727. The van der Waals surface area contributed by atoms with Crippen molar-refractivity contribution >= 4 is 60.0 Å². The Labute approximate surface area is 209 Å². The zero-order valence-corrected chi connectivity index (χ0v) is 20.2. The van der Waals surface area contributed by atoms with Gasteiger partial charge in [-0.1, -0.05) is 41.7 Å². The summed E-state index contributed by atoms with van der Waals surface area (Å²) in [6.45, 7) is 0.444. The fourth-order valence-corrected chi connectivity index (χ4v) is 6.62. The predicted octanol–water partition coefficient (Wildman–Crippen LogP) is 4.85. The van der Waals surface area contributed by atoms with E-state index in [4.69, 9.17) is 14.0 Å². The summed E-state index contributed by atoms with van der Waals surface area (Å²) in [6, 6.07) is 22.5. The van der Waals surface area contributed by atoms with Gasteiger partial charge in [-0.15, -0.1) is 11.3 Å². The molecule has 10 heteroatoms. The third-order valence-corrected chi connectivity index (χ3v) is 8.63. The van der Waals surface area contributed by atoms with Crippen LogP contribution in [0.2, 0.25) is 0 Å². The van der Waals surface area contributed by atoms with Crippen molar-refractivity contribution in [2.24, 2.45) is 0 Å². The molecule has 34 heavy (non-hydrogen) atoms. The average Bonchev–Trinajstić information content (AvgIpc) is 3.56. The second-order valence-electron chi connectivity index (χ2n) is 7.84. The monoisotopic (exact) mass is 506 g/mol. The van der Waals surface area contributed by atoms with Crippen LogP contribution in [0.1, 0.15) is 17.4 Å². The molecule has 0 bridgehead atoms. The SMILES string of the molecule is OB1OC(OB2OCc3ccc(Sc4ccc(F)cc4)cc32)c2ccc(Sc3cccs3)cc21. The highest BCUT2D eigenvalue weighted by Crippen LogP contribution is 2.34. The molecule has 0 saturated heterocycles. The molecular formula is C24H17B2FO4S3. The van der Waals surface area contributed by atoms with Gasteiger partial charge in [0.2, 0.25) is 0 Å². The van der Waals surface area contributed by atoms with Crippen LogP contribution < -0.4 is 10.9 Å². The lowest BCUT2D eigenvalue weighted by Crippen LogP contribution is -2.34. The molecule has 0 amide bonds. The van der Waals surface area contributed by atoms with Gasteiger partial charge in [-0.25, -0.2) is 4.39 Å². The van der Waals surface area contributed by atoms with Crippen molar-refractivity contribution in [1.29, 1.82) is 0 Å². The smallest absolute Gasteiger partial charge is 0.423 e. The maximum Gasteiger partial charge on any atom is 0.496 e. The van der Waals surface area contributed by atoms with E-state index in [9.17, 15) is 9.41 Å². The minimum Gasteiger partial charge on any atom is -0.423 e. The summed E-state index contributed by atoms with van der Waals surface area (Å²) in [7, 11) is -1.66. The Hall–Kier alpha value is -2.04. The lowest BCUT2D eigenvalue weighted by Gasteiger charge is -2.17. The quantitative estimate of drug-likeness (QED) is 0.378. The molecule has 1 unspecified atom stereocenters. The molecule has 4 nitrogen and oxygen atoms in total. The molecule has 168 valence electrons. The lowest BCUT2D eigenvalue weighted by molar-refractivity contribution is -0.0168. The number of rotatable bonds is 6. The Balaban J connectivity index is 1.19. The van der Waals surface area contributed by atoms with Gasteiger partial charge in [0.15, 0.2) is 6.29 Å². The van der Waals surface area contributed by atoms with Gasteiger partial charge in [-0.2, -0.15) is 0 Å². The Morgan fingerprint density at radius 1 is 0.941 bits per heavy atom. The van der Waals surface area contributed by atoms with E-state index in [0.29, 0.717) is 12.1 Å². The van der Waals surface area contributed by atoms with Crippen molar-refractivity contribution in [3.63, 3.8) is 0 Å². The van der Waals surface area contributed by atoms with Crippen LogP contribution in [-0.4, -0.2) is 19.3 Å². The normalized spacial score (nSPS) is 16.7. The number of thiophene rings is 1. The van der Waals surface area contributed by atoms with Crippen LogP contribution in [0.25, 0.3) is 0 Å². The van der Waals surface area contributed by atoms with Crippen molar-refractivity contribution in [2.75, 3.05) is 0 Å². The summed E-state index contributed by atoms with van der Waals surface area (Å²) in [5.74, 6) is -0.253. The molecule has 0 fully saturated rings. The number of halogens is 1. The predicted molar refractivity (Wildman–Crippen MR) is 135 cm³/mol. The first kappa shape index (κ1) is 22.4. The zero-order chi connectivity index (χ0) is 23.1. The fraction of sp³-hybridized carbons (Fsp3) is 0.0833. The maximum absolute atomic E-state index is 13.2. The van der Waals surface area contributed by atoms with Crippen molar-refractivity contribution in [2.45, 2.75) is 31.8 Å². The largest absolute Gasteiger partial charge is 0.496 e.